The normalized spacial score (nSPS) is 18.5. The van der Waals surface area contributed by atoms with E-state index in [1.54, 1.807) is 0 Å². The van der Waals surface area contributed by atoms with E-state index in [1.807, 2.05) is 11.8 Å². The molecule has 0 saturated heterocycles. The predicted molar refractivity (Wildman–Crippen MR) is 122 cm³/mol. The van der Waals surface area contributed by atoms with E-state index in [0.717, 1.165) is 51.6 Å². The Morgan fingerprint density at radius 2 is 2.04 bits per heavy atom. The number of halogens is 1. The lowest BCUT2D eigenvalue weighted by Crippen LogP contribution is -2.38. The maximum Gasteiger partial charge on any atom is 0.191 e. The number of aliphatic imine (C=N–C) groups is 1. The molecule has 144 valence electrons. The second-order valence-electron chi connectivity index (χ2n) is 6.66. The largest absolute Gasteiger partial charge is 0.377 e. The molecule has 3 rings (SSSR count). The molecular formula is C20H30IN3OS. The first-order chi connectivity index (χ1) is 12.3. The summed E-state index contributed by atoms with van der Waals surface area (Å²) in [6, 6.07) is 10.7. The van der Waals surface area contributed by atoms with Gasteiger partial charge in [0.15, 0.2) is 5.96 Å². The molecule has 1 aromatic rings. The summed E-state index contributed by atoms with van der Waals surface area (Å²) >= 11 is 1.98. The molecular weight excluding hydrogens is 457 g/mol. The average Bonchev–Trinajstić information content (AvgIpc) is 3.41. The lowest BCUT2D eigenvalue weighted by atomic mass is 10.1. The Morgan fingerprint density at radius 3 is 2.69 bits per heavy atom. The van der Waals surface area contributed by atoms with Crippen LogP contribution in [0.25, 0.3) is 0 Å². The Labute approximate surface area is 178 Å². The van der Waals surface area contributed by atoms with Gasteiger partial charge in [0.05, 0.1) is 19.8 Å². The minimum absolute atomic E-state index is 0. The molecule has 1 aromatic carbocycles. The molecule has 1 heterocycles. The van der Waals surface area contributed by atoms with Crippen molar-refractivity contribution in [2.75, 3.05) is 32.8 Å². The van der Waals surface area contributed by atoms with Crippen molar-refractivity contribution in [3.05, 3.63) is 42.0 Å². The van der Waals surface area contributed by atoms with E-state index >= 15 is 0 Å². The maximum atomic E-state index is 5.36. The van der Waals surface area contributed by atoms with E-state index in [4.69, 9.17) is 9.73 Å². The summed E-state index contributed by atoms with van der Waals surface area (Å²) in [6.45, 7) is 6.43. The third kappa shape index (κ3) is 7.12. The summed E-state index contributed by atoms with van der Waals surface area (Å²) in [5.41, 5.74) is 1.49. The average molecular weight is 487 g/mol. The minimum atomic E-state index is 0. The molecule has 0 radical (unpaired) electrons. The first kappa shape index (κ1) is 21.6. The van der Waals surface area contributed by atoms with Crippen LogP contribution in [0.5, 0.6) is 0 Å². The first-order valence-electron chi connectivity index (χ1n) is 9.32. The highest BCUT2D eigenvalue weighted by Gasteiger charge is 2.43. The zero-order valence-electron chi connectivity index (χ0n) is 15.5. The van der Waals surface area contributed by atoms with E-state index in [2.05, 4.69) is 54.0 Å². The molecule has 0 unspecified atom stereocenters. The molecule has 0 bridgehead atoms. The maximum absolute atomic E-state index is 5.36. The van der Waals surface area contributed by atoms with Crippen LogP contribution in [0.1, 0.15) is 32.6 Å². The molecule has 1 aliphatic carbocycles. The molecule has 1 saturated carbocycles. The van der Waals surface area contributed by atoms with Crippen molar-refractivity contribution < 1.29 is 4.74 Å². The predicted octanol–water partition coefficient (Wildman–Crippen LogP) is 4.22. The van der Waals surface area contributed by atoms with Crippen LogP contribution >= 0.6 is 35.7 Å². The van der Waals surface area contributed by atoms with Gasteiger partial charge in [-0.2, -0.15) is 0 Å². The molecule has 4 nitrogen and oxygen atoms in total. The van der Waals surface area contributed by atoms with Crippen LogP contribution in [0.3, 0.4) is 0 Å². The Kier molecular flexibility index (Phi) is 9.28. The third-order valence-corrected chi connectivity index (χ3v) is 6.03. The van der Waals surface area contributed by atoms with Crippen molar-refractivity contribution in [3.63, 3.8) is 0 Å². The van der Waals surface area contributed by atoms with E-state index < -0.39 is 0 Å². The number of hydrogen-bond donors (Lipinski definition) is 2. The van der Waals surface area contributed by atoms with E-state index in [1.165, 1.54) is 23.3 Å². The van der Waals surface area contributed by atoms with E-state index in [-0.39, 0.29) is 24.0 Å². The highest BCUT2D eigenvalue weighted by atomic mass is 127. The van der Waals surface area contributed by atoms with Crippen molar-refractivity contribution in [1.82, 2.24) is 10.6 Å². The van der Waals surface area contributed by atoms with E-state index in [0.29, 0.717) is 4.75 Å². The number of benzene rings is 1. The number of nitrogens with one attached hydrogen (secondary N) is 2. The van der Waals surface area contributed by atoms with Crippen molar-refractivity contribution in [1.29, 1.82) is 0 Å². The Morgan fingerprint density at radius 1 is 1.23 bits per heavy atom. The summed E-state index contributed by atoms with van der Waals surface area (Å²) in [5.74, 6) is 0.940. The molecule has 6 heteroatoms. The Balaban J connectivity index is 0.00000243. The van der Waals surface area contributed by atoms with E-state index in [9.17, 15) is 0 Å². The Bertz CT molecular complexity index is 602. The second kappa shape index (κ2) is 11.2. The minimum Gasteiger partial charge on any atom is -0.377 e. The monoisotopic (exact) mass is 487 g/mol. The van der Waals surface area contributed by atoms with Gasteiger partial charge >= 0.3 is 0 Å². The third-order valence-electron chi connectivity index (χ3n) is 4.55. The fraction of sp³-hybridized carbons (Fsp3) is 0.550. The fourth-order valence-corrected chi connectivity index (χ4v) is 4.10. The highest BCUT2D eigenvalue weighted by Crippen LogP contribution is 2.51. The molecule has 1 fully saturated rings. The van der Waals surface area contributed by atoms with Crippen molar-refractivity contribution in [2.45, 2.75) is 42.2 Å². The van der Waals surface area contributed by atoms with Crippen LogP contribution in [0.15, 0.2) is 51.9 Å². The molecule has 0 spiro atoms. The van der Waals surface area contributed by atoms with Crippen LogP contribution in [-0.2, 0) is 4.74 Å². The van der Waals surface area contributed by atoms with Crippen LogP contribution in [0.2, 0.25) is 0 Å². The van der Waals surface area contributed by atoms with Crippen molar-refractivity contribution >= 4 is 41.7 Å². The highest BCUT2D eigenvalue weighted by molar-refractivity contribution is 14.0. The topological polar surface area (TPSA) is 45.7 Å². The number of hydrogen-bond acceptors (Lipinski definition) is 3. The summed E-state index contributed by atoms with van der Waals surface area (Å²) in [6.07, 6.45) is 6.85. The van der Waals surface area contributed by atoms with Crippen molar-refractivity contribution in [3.8, 4) is 0 Å². The van der Waals surface area contributed by atoms with Gasteiger partial charge < -0.3 is 15.4 Å². The molecule has 2 N–H and O–H groups in total. The number of nitrogens with zero attached hydrogens (tertiary/aromatic N) is 1. The lowest BCUT2D eigenvalue weighted by molar-refractivity contribution is 0.153. The molecule has 0 aromatic heterocycles. The smallest absolute Gasteiger partial charge is 0.191 e. The van der Waals surface area contributed by atoms with Crippen LogP contribution in [0.4, 0.5) is 0 Å². The number of guanidine groups is 1. The van der Waals surface area contributed by atoms with Crippen molar-refractivity contribution in [2.24, 2.45) is 4.99 Å². The first-order valence-corrected chi connectivity index (χ1v) is 10.1. The second-order valence-corrected chi connectivity index (χ2v) is 8.20. The van der Waals surface area contributed by atoms with Gasteiger partial charge in [0.25, 0.3) is 0 Å². The van der Waals surface area contributed by atoms with Gasteiger partial charge in [0.1, 0.15) is 0 Å². The quantitative estimate of drug-likeness (QED) is 0.250. The molecule has 2 aliphatic rings. The standard InChI is InChI=1S/C20H29N3OS.HI/c1-2-21-19(22-13-8-17-9-14-24-15-10-17)23-16-20(11-12-20)25-18-6-4-3-5-7-18;/h3-7,9H,2,8,10-16H2,1H3,(H2,21,22,23);1H. The fourth-order valence-electron chi connectivity index (χ4n) is 2.87. The zero-order valence-corrected chi connectivity index (χ0v) is 18.6. The Hall–Kier alpha value is -0.730. The molecule has 26 heavy (non-hydrogen) atoms. The molecule has 0 atom stereocenters. The molecule has 0 amide bonds. The van der Waals surface area contributed by atoms with Crippen LogP contribution in [0, 0.1) is 0 Å². The van der Waals surface area contributed by atoms with Gasteiger partial charge in [-0.25, -0.2) is 0 Å². The van der Waals surface area contributed by atoms with Gasteiger partial charge in [-0.15, -0.1) is 35.7 Å². The van der Waals surface area contributed by atoms with Gasteiger partial charge in [0.2, 0.25) is 0 Å². The van der Waals surface area contributed by atoms with Gasteiger partial charge in [-0.1, -0.05) is 29.8 Å². The van der Waals surface area contributed by atoms with Crippen LogP contribution < -0.4 is 10.6 Å². The number of rotatable bonds is 8. The van der Waals surface area contributed by atoms with Crippen LogP contribution in [-0.4, -0.2) is 43.6 Å². The van der Waals surface area contributed by atoms with Gasteiger partial charge in [-0.3, -0.25) is 4.99 Å². The summed E-state index contributed by atoms with van der Waals surface area (Å²) in [4.78, 5) is 6.20. The SMILES string of the molecule is CCNC(=NCC1(Sc2ccccc2)CC1)NCCC1=CCOCC1.I. The lowest BCUT2D eigenvalue weighted by Gasteiger charge is -2.17. The van der Waals surface area contributed by atoms with Gasteiger partial charge in [-0.05, 0) is 44.7 Å². The van der Waals surface area contributed by atoms with Gasteiger partial charge in [0, 0.05) is 22.7 Å². The zero-order chi connectivity index (χ0) is 17.4. The summed E-state index contributed by atoms with van der Waals surface area (Å²) in [7, 11) is 0. The number of ether oxygens (including phenoxy) is 1. The summed E-state index contributed by atoms with van der Waals surface area (Å²) < 4.78 is 5.66. The summed E-state index contributed by atoms with van der Waals surface area (Å²) in [5, 5.41) is 6.85. The molecule has 1 aliphatic heterocycles. The number of thioether (sulfide) groups is 1.